The van der Waals surface area contributed by atoms with Crippen LogP contribution in [0.2, 0.25) is 0 Å². The summed E-state index contributed by atoms with van der Waals surface area (Å²) in [4.78, 5) is 8.33. The maximum absolute atomic E-state index is 8.33. The van der Waals surface area contributed by atoms with E-state index in [4.69, 9.17) is 15.0 Å². The van der Waals surface area contributed by atoms with Gasteiger partial charge in [0.25, 0.3) is 0 Å². The molecule has 0 aliphatic carbocycles. The first kappa shape index (κ1) is 15.6. The van der Waals surface area contributed by atoms with Gasteiger partial charge in [0.2, 0.25) is 0 Å². The Bertz CT molecular complexity index is 33.8. The van der Waals surface area contributed by atoms with Crippen LogP contribution >= 0.6 is 0 Å². The van der Waals surface area contributed by atoms with Crippen molar-refractivity contribution in [1.82, 2.24) is 0 Å². The molecule has 0 aliphatic heterocycles. The van der Waals surface area contributed by atoms with Crippen LogP contribution in [0.1, 0.15) is 0 Å². The molecule has 3 nitrogen and oxygen atoms in total. The normalized spacial score (nSPS) is 4.00. The summed E-state index contributed by atoms with van der Waals surface area (Å²) in [5, 5.41) is 16.7. The van der Waals surface area contributed by atoms with E-state index in [1.165, 1.54) is 0 Å². The summed E-state index contributed by atoms with van der Waals surface area (Å²) in [5.74, 6) is 0. The third kappa shape index (κ3) is 49.4. The monoisotopic (exact) mass is 304 g/mol. The first-order valence-corrected chi connectivity index (χ1v) is 0.612. The van der Waals surface area contributed by atoms with Gasteiger partial charge in [0.15, 0.2) is 0 Å². The van der Waals surface area contributed by atoms with Crippen LogP contribution < -0.4 is 10.2 Å². The van der Waals surface area contributed by atoms with Crippen molar-refractivity contribution in [3.05, 3.63) is 0 Å². The van der Waals surface area contributed by atoms with Gasteiger partial charge in [0, 0.05) is 0 Å². The Hall–Kier alpha value is 1.50. The summed E-state index contributed by atoms with van der Waals surface area (Å²) in [6.07, 6.45) is -2.33. The molecule has 0 aromatic carbocycles. The number of carbonyl (C=O) groups is 1. The second-order valence-corrected chi connectivity index (χ2v) is 0.250. The van der Waals surface area contributed by atoms with Gasteiger partial charge in [-0.2, -0.15) is 0 Å². The fourth-order valence-electron chi connectivity index (χ4n) is 0. The first-order valence-electron chi connectivity index (χ1n) is 0.612. The second-order valence-electron chi connectivity index (χ2n) is 0.250. The number of hydrogen-bond acceptors (Lipinski definition) is 3. The Morgan fingerprint density at radius 2 is 1.33 bits per heavy atom. The zero-order valence-electron chi connectivity index (χ0n) is 2.75. The van der Waals surface area contributed by atoms with Gasteiger partial charge in [-0.3, -0.25) is 0 Å². The van der Waals surface area contributed by atoms with Gasteiger partial charge in [-0.15, -0.1) is 0 Å². The Balaban J connectivity index is -0.0000000450. The number of rotatable bonds is 0. The average Bonchev–Trinajstić information content (AvgIpc) is 0.811. The molecule has 0 heterocycles. The maximum atomic E-state index is 8.33. The number of carboxylic acid groups (broad SMARTS) is 2. The molecule has 0 unspecified atom stereocenters. The zero-order chi connectivity index (χ0) is 3.58. The third-order valence-corrected chi connectivity index (χ3v) is 0. The van der Waals surface area contributed by atoms with Crippen LogP contribution in [0.25, 0.3) is 0 Å². The van der Waals surface area contributed by atoms with E-state index in [0.717, 1.165) is 0 Å². The predicted octanol–water partition coefficient (Wildman–Crippen LogP) is -2.83. The van der Waals surface area contributed by atoms with Crippen molar-refractivity contribution in [2.75, 3.05) is 0 Å². The van der Waals surface area contributed by atoms with Gasteiger partial charge in [-0.1, -0.05) is 0 Å². The van der Waals surface area contributed by atoms with Gasteiger partial charge in [-0.05, 0) is 6.16 Å². The van der Waals surface area contributed by atoms with Crippen LogP contribution in [0, 0.1) is 0 Å². The van der Waals surface area contributed by atoms with E-state index in [-0.39, 0.29) is 69.3 Å². The molecule has 0 aromatic rings. The molecule has 32 valence electrons. The average molecular weight is 304 g/mol. The van der Waals surface area contributed by atoms with Crippen LogP contribution in [0.3, 0.4) is 0 Å². The van der Waals surface area contributed by atoms with Crippen LogP contribution in [-0.4, -0.2) is 55.0 Å². The van der Waals surface area contributed by atoms with E-state index < -0.39 is 6.16 Å². The SMILES string of the molecule is O=C([O-])[O-].[Ba+2].[Pd+2]. The molecule has 5 heteroatoms. The Labute approximate surface area is 88.8 Å². The topological polar surface area (TPSA) is 63.2 Å². The fourth-order valence-corrected chi connectivity index (χ4v) is 0. The molecule has 0 saturated heterocycles. The van der Waals surface area contributed by atoms with E-state index in [9.17, 15) is 0 Å². The molecule has 0 radical (unpaired) electrons. The molecular weight excluding hydrogens is 304 g/mol. The fraction of sp³-hybridized carbons (Fsp3) is 0. The largest absolute Gasteiger partial charge is 2.00 e. The quantitative estimate of drug-likeness (QED) is 0.453. The summed E-state index contributed by atoms with van der Waals surface area (Å²) < 4.78 is 0. The Morgan fingerprint density at radius 3 is 1.33 bits per heavy atom. The first-order chi connectivity index (χ1) is 1.73. The van der Waals surface area contributed by atoms with Crippen molar-refractivity contribution < 1.29 is 35.4 Å². The summed E-state index contributed by atoms with van der Waals surface area (Å²) >= 11 is 0. The minimum absolute atomic E-state index is 0. The van der Waals surface area contributed by atoms with Gasteiger partial charge in [-0.25, -0.2) is 0 Å². The van der Waals surface area contributed by atoms with Crippen molar-refractivity contribution in [3.63, 3.8) is 0 Å². The third-order valence-electron chi connectivity index (χ3n) is 0. The Kier molecular flexibility index (Phi) is 25.3. The minimum atomic E-state index is -2.33. The second kappa shape index (κ2) is 9.71. The maximum Gasteiger partial charge on any atom is 2.00 e. The van der Waals surface area contributed by atoms with E-state index in [1.54, 1.807) is 0 Å². The van der Waals surface area contributed by atoms with E-state index in [0.29, 0.717) is 0 Å². The molecule has 0 saturated carbocycles. The summed E-state index contributed by atoms with van der Waals surface area (Å²) in [7, 11) is 0. The molecule has 0 aromatic heterocycles. The van der Waals surface area contributed by atoms with Gasteiger partial charge >= 0.3 is 69.3 Å². The van der Waals surface area contributed by atoms with E-state index >= 15 is 0 Å². The molecule has 0 N–H and O–H groups in total. The van der Waals surface area contributed by atoms with Crippen molar-refractivity contribution in [1.29, 1.82) is 0 Å². The number of carbonyl (C=O) groups excluding carboxylic acids is 1. The van der Waals surface area contributed by atoms with Crippen molar-refractivity contribution >= 4 is 55.0 Å². The molecule has 0 amide bonds. The molecule has 6 heavy (non-hydrogen) atoms. The van der Waals surface area contributed by atoms with Crippen molar-refractivity contribution in [2.24, 2.45) is 0 Å². The van der Waals surface area contributed by atoms with Crippen LogP contribution in [0.15, 0.2) is 0 Å². The van der Waals surface area contributed by atoms with E-state index in [2.05, 4.69) is 0 Å². The molecule has 0 rings (SSSR count). The smallest absolute Gasteiger partial charge is 0.652 e. The molecule has 0 aliphatic rings. The molecule has 0 spiro atoms. The minimum Gasteiger partial charge on any atom is -0.652 e. The molecule has 0 bridgehead atoms. The summed E-state index contributed by atoms with van der Waals surface area (Å²) in [5.41, 5.74) is 0. The summed E-state index contributed by atoms with van der Waals surface area (Å²) in [6.45, 7) is 0. The molecule has 0 atom stereocenters. The Morgan fingerprint density at radius 1 is 1.33 bits per heavy atom. The van der Waals surface area contributed by atoms with Gasteiger partial charge < -0.3 is 15.0 Å². The molecule has 0 fully saturated rings. The standard InChI is InChI=1S/CH2O3.Ba.Pd/c2-1(3)4;;/h(H2,2,3,4);;/q;2*+2/p-2. The number of hydrogen-bond donors (Lipinski definition) is 0. The summed E-state index contributed by atoms with van der Waals surface area (Å²) in [6, 6.07) is 0. The van der Waals surface area contributed by atoms with Crippen LogP contribution in [0.5, 0.6) is 0 Å². The zero-order valence-corrected chi connectivity index (χ0v) is 8.74. The van der Waals surface area contributed by atoms with Gasteiger partial charge in [0.1, 0.15) is 0 Å². The van der Waals surface area contributed by atoms with Crippen molar-refractivity contribution in [2.45, 2.75) is 0 Å². The molecular formula is CBaO3Pd+2. The predicted molar refractivity (Wildman–Crippen MR) is 11.1 cm³/mol. The van der Waals surface area contributed by atoms with E-state index in [1.807, 2.05) is 0 Å². The van der Waals surface area contributed by atoms with Crippen LogP contribution in [-0.2, 0) is 20.4 Å². The van der Waals surface area contributed by atoms with Crippen molar-refractivity contribution in [3.8, 4) is 0 Å². The van der Waals surface area contributed by atoms with Crippen LogP contribution in [0.4, 0.5) is 4.79 Å². The van der Waals surface area contributed by atoms with Gasteiger partial charge in [0.05, 0.1) is 0 Å².